The van der Waals surface area contributed by atoms with Crippen LogP contribution in [0.2, 0.25) is 0 Å². The third-order valence-electron chi connectivity index (χ3n) is 4.11. The van der Waals surface area contributed by atoms with Crippen LogP contribution in [0.4, 0.5) is 0 Å². The summed E-state index contributed by atoms with van der Waals surface area (Å²) in [6, 6.07) is 1.59. The van der Waals surface area contributed by atoms with Crippen molar-refractivity contribution in [2.24, 2.45) is 5.73 Å². The lowest BCUT2D eigenvalue weighted by Gasteiger charge is -2.46. The van der Waals surface area contributed by atoms with E-state index in [0.29, 0.717) is 18.1 Å². The standard InChI is InChI=1S/C12H24N2O/c13-11-6-1-2-7-12(11)14(8-9-15)10-4-3-5-10/h10-12,15H,1-9,13H2. The zero-order valence-electron chi connectivity index (χ0n) is 9.57. The van der Waals surface area contributed by atoms with Crippen LogP contribution in [0.1, 0.15) is 44.9 Å². The predicted octanol–water partition coefficient (Wildman–Crippen LogP) is 1.10. The van der Waals surface area contributed by atoms with Crippen molar-refractivity contribution in [2.45, 2.75) is 63.1 Å². The predicted molar refractivity (Wildman–Crippen MR) is 61.7 cm³/mol. The first-order valence-corrected chi connectivity index (χ1v) is 6.45. The molecule has 2 unspecified atom stereocenters. The molecule has 2 rings (SSSR count). The Morgan fingerprint density at radius 1 is 1.07 bits per heavy atom. The lowest BCUT2D eigenvalue weighted by atomic mass is 9.84. The van der Waals surface area contributed by atoms with E-state index in [0.717, 1.165) is 6.54 Å². The quantitative estimate of drug-likeness (QED) is 0.734. The molecule has 0 aliphatic heterocycles. The maximum absolute atomic E-state index is 9.14. The van der Waals surface area contributed by atoms with E-state index in [1.54, 1.807) is 0 Å². The molecule has 3 N–H and O–H groups in total. The summed E-state index contributed by atoms with van der Waals surface area (Å²) >= 11 is 0. The van der Waals surface area contributed by atoms with Crippen molar-refractivity contribution in [3.63, 3.8) is 0 Å². The Bertz CT molecular complexity index is 194. The zero-order valence-corrected chi connectivity index (χ0v) is 9.57. The second-order valence-electron chi connectivity index (χ2n) is 5.06. The fourth-order valence-corrected chi connectivity index (χ4v) is 3.00. The van der Waals surface area contributed by atoms with Crippen LogP contribution in [0, 0.1) is 0 Å². The van der Waals surface area contributed by atoms with Gasteiger partial charge in [0.15, 0.2) is 0 Å². The van der Waals surface area contributed by atoms with Gasteiger partial charge in [-0.1, -0.05) is 19.3 Å². The molecule has 3 heteroatoms. The molecule has 0 bridgehead atoms. The van der Waals surface area contributed by atoms with Gasteiger partial charge in [0.05, 0.1) is 6.61 Å². The van der Waals surface area contributed by atoms with Crippen molar-refractivity contribution < 1.29 is 5.11 Å². The second kappa shape index (κ2) is 5.28. The van der Waals surface area contributed by atoms with E-state index in [1.807, 2.05) is 0 Å². The molecule has 0 radical (unpaired) electrons. The number of aliphatic hydroxyl groups is 1. The molecule has 0 heterocycles. The van der Waals surface area contributed by atoms with Gasteiger partial charge in [0.2, 0.25) is 0 Å². The molecule has 0 aromatic rings. The van der Waals surface area contributed by atoms with Gasteiger partial charge in [-0.15, -0.1) is 0 Å². The van der Waals surface area contributed by atoms with Crippen LogP contribution >= 0.6 is 0 Å². The van der Waals surface area contributed by atoms with E-state index in [-0.39, 0.29) is 6.61 Å². The van der Waals surface area contributed by atoms with E-state index >= 15 is 0 Å². The van der Waals surface area contributed by atoms with Gasteiger partial charge in [-0.3, -0.25) is 4.90 Å². The minimum atomic E-state index is 0.278. The molecule has 0 aromatic heterocycles. The number of hydrogen-bond acceptors (Lipinski definition) is 3. The lowest BCUT2D eigenvalue weighted by molar-refractivity contribution is 0.0348. The van der Waals surface area contributed by atoms with E-state index in [4.69, 9.17) is 10.8 Å². The molecule has 2 aliphatic carbocycles. The molecular formula is C12H24N2O. The maximum atomic E-state index is 9.14. The van der Waals surface area contributed by atoms with Crippen LogP contribution in [0.5, 0.6) is 0 Å². The normalized spacial score (nSPS) is 33.0. The van der Waals surface area contributed by atoms with E-state index in [1.165, 1.54) is 44.9 Å². The topological polar surface area (TPSA) is 49.5 Å². The van der Waals surface area contributed by atoms with Gasteiger partial charge in [0.1, 0.15) is 0 Å². The SMILES string of the molecule is NC1CCCCC1N(CCO)C1CCC1. The van der Waals surface area contributed by atoms with Gasteiger partial charge in [0, 0.05) is 24.7 Å². The number of nitrogens with two attached hydrogens (primary N) is 1. The molecule has 2 aliphatic rings. The largest absolute Gasteiger partial charge is 0.395 e. The van der Waals surface area contributed by atoms with Crippen LogP contribution in [0.25, 0.3) is 0 Å². The lowest BCUT2D eigenvalue weighted by Crippen LogP contribution is -2.55. The highest BCUT2D eigenvalue weighted by Crippen LogP contribution is 2.31. The van der Waals surface area contributed by atoms with Gasteiger partial charge in [-0.05, 0) is 25.7 Å². The van der Waals surface area contributed by atoms with Gasteiger partial charge < -0.3 is 10.8 Å². The second-order valence-corrected chi connectivity index (χ2v) is 5.06. The Balaban J connectivity index is 1.94. The summed E-state index contributed by atoms with van der Waals surface area (Å²) in [5.74, 6) is 0. The fraction of sp³-hybridized carbons (Fsp3) is 1.00. The molecule has 2 atom stereocenters. The van der Waals surface area contributed by atoms with Gasteiger partial charge in [0.25, 0.3) is 0 Å². The number of aliphatic hydroxyl groups excluding tert-OH is 1. The summed E-state index contributed by atoms with van der Waals surface area (Å²) in [6.45, 7) is 1.10. The fourth-order valence-electron chi connectivity index (χ4n) is 3.00. The molecule has 0 amide bonds. The Labute approximate surface area is 92.6 Å². The van der Waals surface area contributed by atoms with E-state index < -0.39 is 0 Å². The maximum Gasteiger partial charge on any atom is 0.0558 e. The monoisotopic (exact) mass is 212 g/mol. The zero-order chi connectivity index (χ0) is 10.7. The third-order valence-corrected chi connectivity index (χ3v) is 4.11. The first kappa shape index (κ1) is 11.4. The van der Waals surface area contributed by atoms with Crippen LogP contribution in [0.15, 0.2) is 0 Å². The average molecular weight is 212 g/mol. The molecule has 2 fully saturated rings. The highest BCUT2D eigenvalue weighted by molar-refractivity contribution is 4.91. The Morgan fingerprint density at radius 2 is 1.80 bits per heavy atom. The van der Waals surface area contributed by atoms with Gasteiger partial charge in [-0.25, -0.2) is 0 Å². The summed E-state index contributed by atoms with van der Waals surface area (Å²) in [5.41, 5.74) is 6.20. The van der Waals surface area contributed by atoms with Crippen molar-refractivity contribution >= 4 is 0 Å². The minimum Gasteiger partial charge on any atom is -0.395 e. The summed E-state index contributed by atoms with van der Waals surface area (Å²) in [6.07, 6.45) is 8.97. The first-order valence-electron chi connectivity index (χ1n) is 6.45. The average Bonchev–Trinajstić information content (AvgIpc) is 2.15. The van der Waals surface area contributed by atoms with Crippen molar-refractivity contribution in [1.29, 1.82) is 0 Å². The molecular weight excluding hydrogens is 188 g/mol. The number of hydrogen-bond donors (Lipinski definition) is 2. The molecule has 0 aromatic carbocycles. The summed E-state index contributed by atoms with van der Waals surface area (Å²) in [5, 5.41) is 9.14. The van der Waals surface area contributed by atoms with Gasteiger partial charge >= 0.3 is 0 Å². The van der Waals surface area contributed by atoms with Crippen molar-refractivity contribution in [3.8, 4) is 0 Å². The smallest absolute Gasteiger partial charge is 0.0558 e. The molecule has 2 saturated carbocycles. The highest BCUT2D eigenvalue weighted by Gasteiger charge is 2.34. The Hall–Kier alpha value is -0.120. The molecule has 88 valence electrons. The van der Waals surface area contributed by atoms with Crippen molar-refractivity contribution in [1.82, 2.24) is 4.90 Å². The highest BCUT2D eigenvalue weighted by atomic mass is 16.3. The summed E-state index contributed by atoms with van der Waals surface area (Å²) in [7, 11) is 0. The molecule has 0 saturated heterocycles. The first-order chi connectivity index (χ1) is 7.33. The van der Waals surface area contributed by atoms with Crippen molar-refractivity contribution in [3.05, 3.63) is 0 Å². The van der Waals surface area contributed by atoms with Crippen LogP contribution in [-0.2, 0) is 0 Å². The number of nitrogens with zero attached hydrogens (tertiary/aromatic N) is 1. The van der Waals surface area contributed by atoms with Gasteiger partial charge in [-0.2, -0.15) is 0 Å². The van der Waals surface area contributed by atoms with Crippen LogP contribution < -0.4 is 5.73 Å². The third kappa shape index (κ3) is 2.52. The summed E-state index contributed by atoms with van der Waals surface area (Å²) < 4.78 is 0. The van der Waals surface area contributed by atoms with Crippen LogP contribution in [-0.4, -0.2) is 41.3 Å². The minimum absolute atomic E-state index is 0.278. The van der Waals surface area contributed by atoms with Crippen LogP contribution in [0.3, 0.4) is 0 Å². The van der Waals surface area contributed by atoms with E-state index in [2.05, 4.69) is 4.90 Å². The Morgan fingerprint density at radius 3 is 2.33 bits per heavy atom. The molecule has 0 spiro atoms. The Kier molecular flexibility index (Phi) is 4.00. The summed E-state index contributed by atoms with van der Waals surface area (Å²) in [4.78, 5) is 2.49. The number of rotatable bonds is 4. The van der Waals surface area contributed by atoms with E-state index in [9.17, 15) is 0 Å². The van der Waals surface area contributed by atoms with Crippen molar-refractivity contribution in [2.75, 3.05) is 13.2 Å². The molecule has 3 nitrogen and oxygen atoms in total. The molecule has 15 heavy (non-hydrogen) atoms.